The summed E-state index contributed by atoms with van der Waals surface area (Å²) >= 11 is 16.2. The molecule has 6 nitrogen and oxygen atoms in total. The average Bonchev–Trinajstić information content (AvgIpc) is 3.58. The van der Waals surface area contributed by atoms with Crippen LogP contribution >= 0.6 is 48.0 Å². The van der Waals surface area contributed by atoms with Crippen molar-refractivity contribution in [3.63, 3.8) is 0 Å². The number of unbranched alkanes of at least 4 members (excludes halogenated alkanes) is 2. The first-order chi connectivity index (χ1) is 31.3. The Morgan fingerprint density at radius 2 is 1.30 bits per heavy atom. The SMILES string of the molecule is CCCCC(CC)CSCCCC(=S)Nc1cc2c(cc1C1=C(O)C(=c3cc4c(cc3NC(=S)CCCSCC(CC)CCCC)=[N+](C(C)C)C(C)C4(C)C)C1=O)C(C)(C)C(C)N2C(C)C. The van der Waals surface area contributed by atoms with Gasteiger partial charge in [-0.25, -0.2) is 4.58 Å². The van der Waals surface area contributed by atoms with Gasteiger partial charge in [0.25, 0.3) is 0 Å². The van der Waals surface area contributed by atoms with Crippen LogP contribution in [0.15, 0.2) is 30.0 Å². The molecule has 2 heterocycles. The molecule has 10 heteroatoms. The van der Waals surface area contributed by atoms with Crippen LogP contribution in [0, 0.1) is 11.8 Å². The summed E-state index contributed by atoms with van der Waals surface area (Å²) in [5.41, 5.74) is 6.14. The van der Waals surface area contributed by atoms with Gasteiger partial charge in [-0.15, -0.1) is 0 Å². The maximum atomic E-state index is 15.0. The number of allylic oxidation sites excluding steroid dienone is 2. The van der Waals surface area contributed by atoms with Crippen LogP contribution in [0.1, 0.15) is 191 Å². The van der Waals surface area contributed by atoms with Crippen LogP contribution in [-0.4, -0.2) is 68.0 Å². The van der Waals surface area contributed by atoms with E-state index in [4.69, 9.17) is 24.4 Å². The maximum Gasteiger partial charge on any atom is 0.206 e. The van der Waals surface area contributed by atoms with E-state index in [2.05, 4.69) is 141 Å². The Kier molecular flexibility index (Phi) is 19.8. The highest BCUT2D eigenvalue weighted by Gasteiger charge is 2.48. The second-order valence-electron chi connectivity index (χ2n) is 21.3. The Morgan fingerprint density at radius 3 is 1.79 bits per heavy atom. The average molecular weight is 977 g/mol. The third-order valence-electron chi connectivity index (χ3n) is 15.4. The first-order valence-electron chi connectivity index (χ1n) is 25.8. The van der Waals surface area contributed by atoms with Gasteiger partial charge in [-0.05, 0) is 153 Å². The van der Waals surface area contributed by atoms with Crippen LogP contribution < -0.4 is 30.7 Å². The standard InChI is InChI=1S/C56H86N4O2S4/c1-15-19-23-39(17-3)33-65-27-21-25-49(63)57-45-31-47-43(55(11,12)37(9)59(47)35(5)6)29-41(45)51-53(61)52(54(51)62)42-30-44-48(60(36(7)8)38(10)56(44,13)14)32-46(42)58-50(64)26-22-28-66-34-40(18-4)24-20-16-2/h29-32,35-40H,15-28,33-34H2,1-14H3,(H2,57,58,61,62,63,64)/p+1. The molecule has 5 rings (SSSR count). The van der Waals surface area contributed by atoms with E-state index < -0.39 is 0 Å². The Balaban J connectivity index is 1.54. The van der Waals surface area contributed by atoms with Crippen molar-refractivity contribution in [2.24, 2.45) is 11.8 Å². The van der Waals surface area contributed by atoms with Gasteiger partial charge in [0.2, 0.25) is 11.1 Å². The third kappa shape index (κ3) is 11.9. The Bertz CT molecular complexity index is 2230. The van der Waals surface area contributed by atoms with Gasteiger partial charge in [0, 0.05) is 51.3 Å². The highest BCUT2D eigenvalue weighted by Crippen LogP contribution is 2.51. The van der Waals surface area contributed by atoms with Gasteiger partial charge in [-0.1, -0.05) is 105 Å². The van der Waals surface area contributed by atoms with Crippen molar-refractivity contribution >= 4 is 91.9 Å². The molecule has 1 aliphatic carbocycles. The molecule has 0 saturated carbocycles. The maximum absolute atomic E-state index is 15.0. The lowest BCUT2D eigenvalue weighted by Crippen LogP contribution is -2.42. The first-order valence-corrected chi connectivity index (χ1v) is 28.9. The number of aliphatic hydroxyl groups excluding tert-OH is 1. The number of carbonyl (C=O) groups is 1. The number of anilines is 3. The number of Topliss-reactive ketones (excluding diaryl/α,β-unsaturated/α-hetero) is 1. The molecule has 3 N–H and O–H groups in total. The van der Waals surface area contributed by atoms with E-state index in [1.165, 1.54) is 74.0 Å². The van der Waals surface area contributed by atoms with E-state index in [1.807, 2.05) is 23.5 Å². The molecule has 2 aromatic carbocycles. The number of nitrogens with zero attached hydrogens (tertiary/aromatic N) is 2. The highest BCUT2D eigenvalue weighted by molar-refractivity contribution is 7.99. The van der Waals surface area contributed by atoms with Crippen LogP contribution in [0.5, 0.6) is 0 Å². The molecule has 366 valence electrons. The number of thiocarbonyl (C=S) groups is 2. The number of carbonyl (C=O) groups excluding carboxylic acids is 1. The topological polar surface area (TPSA) is 67.6 Å². The number of fused-ring (bicyclic) bond motifs is 2. The summed E-state index contributed by atoms with van der Waals surface area (Å²) in [6, 6.07) is 9.77. The number of rotatable bonds is 25. The van der Waals surface area contributed by atoms with Crippen molar-refractivity contribution in [1.29, 1.82) is 0 Å². The van der Waals surface area contributed by atoms with Crippen molar-refractivity contribution in [2.75, 3.05) is 38.5 Å². The molecule has 0 spiro atoms. The Labute approximate surface area is 420 Å². The zero-order valence-corrected chi connectivity index (χ0v) is 46.7. The summed E-state index contributed by atoms with van der Waals surface area (Å²) in [6.07, 6.45) is 13.7. The number of ketones is 1. The molecule has 3 aliphatic rings. The van der Waals surface area contributed by atoms with Gasteiger partial charge >= 0.3 is 0 Å². The van der Waals surface area contributed by atoms with E-state index >= 15 is 4.79 Å². The fourth-order valence-electron chi connectivity index (χ4n) is 10.6. The van der Waals surface area contributed by atoms with E-state index in [9.17, 15) is 5.11 Å². The fraction of sp³-hybridized carbons (Fsp3) is 0.679. The molecule has 2 aromatic rings. The van der Waals surface area contributed by atoms with Crippen LogP contribution in [0.25, 0.3) is 11.1 Å². The lowest BCUT2D eigenvalue weighted by atomic mass is 9.76. The normalized spacial score (nSPS) is 20.2. The molecule has 0 amide bonds. The quantitative estimate of drug-likeness (QED) is 0.0513. The van der Waals surface area contributed by atoms with Crippen molar-refractivity contribution < 1.29 is 9.90 Å². The molecular weight excluding hydrogens is 889 g/mol. The number of nitrogens with one attached hydrogen (secondary N) is 2. The molecule has 0 aromatic heterocycles. The summed E-state index contributed by atoms with van der Waals surface area (Å²) in [4.78, 5) is 19.0. The summed E-state index contributed by atoms with van der Waals surface area (Å²) in [6.45, 7) is 31.9. The Hall–Kier alpha value is -2.40. The summed E-state index contributed by atoms with van der Waals surface area (Å²) in [5.74, 6) is 5.99. The van der Waals surface area contributed by atoms with Gasteiger partial charge in [-0.3, -0.25) is 4.79 Å². The van der Waals surface area contributed by atoms with Gasteiger partial charge in [0.1, 0.15) is 11.8 Å². The predicted octanol–water partition coefficient (Wildman–Crippen LogP) is 13.8. The molecule has 0 fully saturated rings. The summed E-state index contributed by atoms with van der Waals surface area (Å²) in [7, 11) is 0. The minimum Gasteiger partial charge on any atom is -0.506 e. The fourth-order valence-corrected chi connectivity index (χ4v) is 13.6. The molecule has 66 heavy (non-hydrogen) atoms. The molecule has 0 bridgehead atoms. The molecule has 0 radical (unpaired) electrons. The van der Waals surface area contributed by atoms with Crippen molar-refractivity contribution in [1.82, 2.24) is 4.58 Å². The zero-order chi connectivity index (χ0) is 48.7. The second kappa shape index (κ2) is 23.9. The molecule has 4 atom stereocenters. The second-order valence-corrected chi connectivity index (χ2v) is 24.6. The van der Waals surface area contributed by atoms with Crippen LogP contribution in [0.2, 0.25) is 0 Å². The number of hydrogen-bond donors (Lipinski definition) is 3. The molecule has 4 unspecified atom stereocenters. The van der Waals surface area contributed by atoms with Gasteiger partial charge in [0.15, 0.2) is 6.04 Å². The summed E-state index contributed by atoms with van der Waals surface area (Å²) < 4.78 is 2.49. The van der Waals surface area contributed by atoms with Crippen molar-refractivity contribution in [3.8, 4) is 0 Å². The molecule has 0 saturated heterocycles. The van der Waals surface area contributed by atoms with E-state index in [0.29, 0.717) is 21.9 Å². The first kappa shape index (κ1) is 54.5. The lowest BCUT2D eigenvalue weighted by Gasteiger charge is -2.34. The number of benzene rings is 2. The predicted molar refractivity (Wildman–Crippen MR) is 301 cm³/mol. The van der Waals surface area contributed by atoms with Gasteiger partial charge in [0.05, 0.1) is 32.2 Å². The van der Waals surface area contributed by atoms with Crippen LogP contribution in [0.4, 0.5) is 17.1 Å². The van der Waals surface area contributed by atoms with Crippen LogP contribution in [-0.2, 0) is 15.6 Å². The monoisotopic (exact) mass is 976 g/mol. The number of hydrogen-bond acceptors (Lipinski definition) is 7. The third-order valence-corrected chi connectivity index (χ3v) is 18.6. The number of aliphatic hydroxyl groups is 1. The zero-order valence-electron chi connectivity index (χ0n) is 43.5. The van der Waals surface area contributed by atoms with Crippen molar-refractivity contribution in [2.45, 2.75) is 209 Å². The van der Waals surface area contributed by atoms with Crippen molar-refractivity contribution in [3.05, 3.63) is 57.3 Å². The minimum atomic E-state index is -0.184. The largest absolute Gasteiger partial charge is 0.506 e. The smallest absolute Gasteiger partial charge is 0.206 e. The van der Waals surface area contributed by atoms with E-state index in [0.717, 1.165) is 81.4 Å². The summed E-state index contributed by atoms with van der Waals surface area (Å²) in [5, 5.41) is 21.5. The Morgan fingerprint density at radius 1 is 0.758 bits per heavy atom. The molecule has 2 aliphatic heterocycles. The lowest BCUT2D eigenvalue weighted by molar-refractivity contribution is -0.109. The van der Waals surface area contributed by atoms with Gasteiger partial charge in [-0.2, -0.15) is 23.5 Å². The molecular formula is C56H87N4O2S4+. The highest BCUT2D eigenvalue weighted by atomic mass is 32.2. The number of thioether (sulfide) groups is 2. The van der Waals surface area contributed by atoms with E-state index in [-0.39, 0.29) is 46.5 Å². The minimum absolute atomic E-state index is 0.0341. The van der Waals surface area contributed by atoms with Gasteiger partial charge < -0.3 is 20.6 Å². The van der Waals surface area contributed by atoms with E-state index in [1.54, 1.807) is 0 Å². The van der Waals surface area contributed by atoms with Crippen LogP contribution in [0.3, 0.4) is 0 Å².